The highest BCUT2D eigenvalue weighted by molar-refractivity contribution is 7.80. The second-order valence-electron chi connectivity index (χ2n) is 19.7. The largest absolute Gasteiger partial charge is 0.481 e. The molecule has 1 aliphatic heterocycles. The van der Waals surface area contributed by atoms with Crippen LogP contribution in [0.3, 0.4) is 0 Å². The zero-order valence-electron chi connectivity index (χ0n) is 44.2. The minimum absolute atomic E-state index is 0.0321. The first-order valence-corrected chi connectivity index (χ1v) is 27.1. The Labute approximate surface area is 471 Å². The molecular weight excluding hydrogens is 1080 g/mol. The van der Waals surface area contributed by atoms with Gasteiger partial charge in [-0.3, -0.25) is 52.7 Å². The molecule has 1 aromatic heterocycles. The lowest BCUT2D eigenvalue weighted by Crippen LogP contribution is -2.60. The van der Waals surface area contributed by atoms with E-state index in [4.69, 9.17) is 11.5 Å². The van der Waals surface area contributed by atoms with Gasteiger partial charge in [-0.25, -0.2) is 4.79 Å². The number of primary amides is 1. The van der Waals surface area contributed by atoms with Crippen molar-refractivity contribution in [3.63, 3.8) is 0 Å². The lowest BCUT2D eigenvalue weighted by molar-refractivity contribution is -0.144. The number of nitrogens with one attached hydrogen (secondary N) is 8. The summed E-state index contributed by atoms with van der Waals surface area (Å²) < 4.78 is 0. The maximum absolute atomic E-state index is 14.7. The first kappa shape index (κ1) is 64.8. The Kier molecular flexibility index (Phi) is 25.7. The number of likely N-dealkylation sites (tertiary alicyclic amines) is 1. The van der Waals surface area contributed by atoms with Gasteiger partial charge < -0.3 is 73.9 Å². The number of nitrogens with two attached hydrogens (primary N) is 2. The van der Waals surface area contributed by atoms with Gasteiger partial charge in [-0.15, -0.1) is 0 Å². The maximum Gasteiger partial charge on any atom is 0.327 e. The number of hydrogen-bond acceptors (Lipinski definition) is 15. The Morgan fingerprint density at radius 3 is 1.69 bits per heavy atom. The number of aromatic amines is 1. The van der Waals surface area contributed by atoms with Crippen LogP contribution in [0.2, 0.25) is 0 Å². The van der Waals surface area contributed by atoms with Gasteiger partial charge in [0, 0.05) is 67.3 Å². The van der Waals surface area contributed by atoms with E-state index in [0.29, 0.717) is 22.0 Å². The molecule has 26 nitrogen and oxygen atoms in total. The molecule has 28 heteroatoms. The Morgan fingerprint density at radius 2 is 1.11 bits per heavy atom. The summed E-state index contributed by atoms with van der Waals surface area (Å²) in [4.78, 5) is 163. The van der Waals surface area contributed by atoms with Crippen LogP contribution in [0.5, 0.6) is 0 Å². The van der Waals surface area contributed by atoms with Gasteiger partial charge >= 0.3 is 17.9 Å². The second kappa shape index (κ2) is 31.8. The minimum Gasteiger partial charge on any atom is -0.481 e. The van der Waals surface area contributed by atoms with Crippen molar-refractivity contribution in [1.82, 2.24) is 47.1 Å². The lowest BCUT2D eigenvalue weighted by atomic mass is 9.99. The lowest BCUT2D eigenvalue weighted by Gasteiger charge is -2.31. The van der Waals surface area contributed by atoms with Gasteiger partial charge in [-0.2, -0.15) is 25.3 Å². The van der Waals surface area contributed by atoms with E-state index in [-0.39, 0.29) is 62.5 Å². The van der Waals surface area contributed by atoms with E-state index in [1.54, 1.807) is 74.6 Å². The molecule has 15 N–H and O–H groups in total. The average Bonchev–Trinajstić information content (AvgIpc) is 4.08. The summed E-state index contributed by atoms with van der Waals surface area (Å²) in [5.41, 5.74) is 12.9. The Bertz CT molecular complexity index is 2710. The number of H-pyrrole nitrogens is 1. The molecular formula is C52H71N11O15S2. The van der Waals surface area contributed by atoms with E-state index < -0.39 is 158 Å². The fourth-order valence-electron chi connectivity index (χ4n) is 8.79. The van der Waals surface area contributed by atoms with Crippen molar-refractivity contribution in [2.75, 3.05) is 18.1 Å². The molecule has 0 spiro atoms. The molecule has 0 bridgehead atoms. The molecule has 0 saturated carbocycles. The Balaban J connectivity index is 1.64. The van der Waals surface area contributed by atoms with E-state index in [2.05, 4.69) is 67.5 Å². The van der Waals surface area contributed by atoms with Gasteiger partial charge in [0.25, 0.3) is 0 Å². The average molecular weight is 1150 g/mol. The zero-order chi connectivity index (χ0) is 59.2. The van der Waals surface area contributed by atoms with Crippen LogP contribution in [0, 0.1) is 5.92 Å². The number of carbonyl (C=O) groups is 12. The van der Waals surface area contributed by atoms with Gasteiger partial charge in [0.15, 0.2) is 0 Å². The third-order valence-corrected chi connectivity index (χ3v) is 13.8. The first-order chi connectivity index (χ1) is 37.9. The van der Waals surface area contributed by atoms with Crippen LogP contribution in [-0.2, 0) is 70.4 Å². The van der Waals surface area contributed by atoms with E-state index in [1.165, 1.54) is 0 Å². The number of aliphatic carboxylic acids is 3. The molecule has 3 aromatic rings. The number of benzene rings is 2. The monoisotopic (exact) mass is 1150 g/mol. The molecule has 2 heterocycles. The number of nitrogens with zero attached hydrogens (tertiary/aromatic N) is 1. The van der Waals surface area contributed by atoms with Crippen LogP contribution < -0.4 is 48.7 Å². The summed E-state index contributed by atoms with van der Waals surface area (Å²) in [5.74, 6) is -12.9. The zero-order valence-corrected chi connectivity index (χ0v) is 46.0. The van der Waals surface area contributed by atoms with E-state index in [1.807, 2.05) is 0 Å². The van der Waals surface area contributed by atoms with Crippen molar-refractivity contribution >= 4 is 107 Å². The van der Waals surface area contributed by atoms with E-state index in [0.717, 1.165) is 4.90 Å². The number of rotatable bonds is 33. The molecule has 0 aliphatic carbocycles. The number of thiol groups is 2. The first-order valence-electron chi connectivity index (χ1n) is 25.9. The van der Waals surface area contributed by atoms with Crippen molar-refractivity contribution in [3.8, 4) is 0 Å². The maximum atomic E-state index is 14.7. The number of aromatic nitrogens is 1. The smallest absolute Gasteiger partial charge is 0.327 e. The highest BCUT2D eigenvalue weighted by atomic mass is 32.1. The molecule has 80 heavy (non-hydrogen) atoms. The van der Waals surface area contributed by atoms with Gasteiger partial charge in [-0.05, 0) is 61.6 Å². The van der Waals surface area contributed by atoms with Crippen molar-refractivity contribution in [2.45, 2.75) is 139 Å². The molecule has 9 unspecified atom stereocenters. The summed E-state index contributed by atoms with van der Waals surface area (Å²) in [6.45, 7) is 3.49. The third kappa shape index (κ3) is 20.2. The van der Waals surface area contributed by atoms with Crippen LogP contribution in [0.1, 0.15) is 82.8 Å². The normalized spacial score (nSPS) is 16.1. The number of fused-ring (bicyclic) bond motifs is 1. The Morgan fingerprint density at radius 1 is 0.613 bits per heavy atom. The number of carbonyl (C=O) groups excluding carboxylic acids is 9. The Hall–Kier alpha value is -7.72. The molecule has 1 fully saturated rings. The second-order valence-corrected chi connectivity index (χ2v) is 20.4. The summed E-state index contributed by atoms with van der Waals surface area (Å²) >= 11 is 8.01. The summed E-state index contributed by atoms with van der Waals surface area (Å²) in [5, 5.41) is 47.2. The molecule has 1 saturated heterocycles. The van der Waals surface area contributed by atoms with Crippen LogP contribution in [-0.4, -0.2) is 169 Å². The topological polar surface area (TPSA) is 421 Å². The number of amides is 9. The quantitative estimate of drug-likeness (QED) is 0.0314. The number of carboxylic acids is 3. The van der Waals surface area contributed by atoms with E-state index in [9.17, 15) is 72.9 Å². The predicted molar refractivity (Wildman–Crippen MR) is 295 cm³/mol. The van der Waals surface area contributed by atoms with Gasteiger partial charge in [0.1, 0.15) is 48.3 Å². The summed E-state index contributed by atoms with van der Waals surface area (Å²) in [7, 11) is 0. The highest BCUT2D eigenvalue weighted by Crippen LogP contribution is 2.23. The van der Waals surface area contributed by atoms with E-state index >= 15 is 0 Å². The van der Waals surface area contributed by atoms with Crippen LogP contribution in [0.25, 0.3) is 10.9 Å². The molecule has 1 aliphatic rings. The molecule has 436 valence electrons. The van der Waals surface area contributed by atoms with Crippen LogP contribution >= 0.6 is 25.3 Å². The fraction of sp³-hybridized carbons (Fsp3) is 0.500. The van der Waals surface area contributed by atoms with Crippen LogP contribution in [0.15, 0.2) is 60.8 Å². The van der Waals surface area contributed by atoms with Crippen LogP contribution in [0.4, 0.5) is 0 Å². The molecule has 2 aromatic carbocycles. The van der Waals surface area contributed by atoms with Gasteiger partial charge in [0.05, 0.1) is 6.04 Å². The molecule has 9 amide bonds. The van der Waals surface area contributed by atoms with Crippen molar-refractivity contribution in [3.05, 3.63) is 71.9 Å². The standard InChI is InChI=1S/C52H71N11O15S2/c1-27(2)21-36(47(72)60-37(22-28-9-4-3-5-10-28)48(73)62-39(26-80)52(77)78)59-49(74)38(23-29-24-55-32-12-7-6-11-30(29)32)61-50(75)40-13-8-20-63(40)51(76)35(16-19-43(67)68)58-46(71)34(15-18-42(65)66)57-45(70)33(14-17-41(54)64)56-44(69)31(53)25-79/h3-7,9-12,24,27,31,33-40,55,79-80H,8,13-23,25-26,53H2,1-2H3,(H2,54,64)(H,56,69)(H,57,70)(H,58,71)(H,59,74)(H,60,72)(H,61,75)(H,62,73)(H,65,66)(H,67,68)(H,77,78). The third-order valence-electron chi connectivity index (χ3n) is 13.0. The van der Waals surface area contributed by atoms with Crippen molar-refractivity contribution in [1.29, 1.82) is 0 Å². The van der Waals surface area contributed by atoms with Crippen molar-refractivity contribution < 1.29 is 72.9 Å². The SMILES string of the molecule is CC(C)CC(NC(=O)C(Cc1c[nH]c2ccccc12)NC(=O)C1CCCN1C(=O)C(CCC(=O)O)NC(=O)C(CCC(=O)O)NC(=O)C(CCC(N)=O)NC(=O)C(N)CS)C(=O)NC(Cc1ccccc1)C(=O)NC(CS)C(=O)O. The minimum atomic E-state index is -1.72. The number of para-hydroxylation sites is 1. The molecule has 4 rings (SSSR count). The fourth-order valence-corrected chi connectivity index (χ4v) is 9.20. The highest BCUT2D eigenvalue weighted by Gasteiger charge is 2.41. The summed E-state index contributed by atoms with van der Waals surface area (Å²) in [6.07, 6.45) is -1.55. The number of carboxylic acid groups (broad SMARTS) is 3. The molecule has 0 radical (unpaired) electrons. The summed E-state index contributed by atoms with van der Waals surface area (Å²) in [6, 6.07) is 2.84. The number of hydrogen-bond donors (Lipinski definition) is 15. The van der Waals surface area contributed by atoms with Gasteiger partial charge in [-0.1, -0.05) is 62.4 Å². The predicted octanol–water partition coefficient (Wildman–Crippen LogP) is -1.35. The molecule has 9 atom stereocenters. The van der Waals surface area contributed by atoms with Crippen molar-refractivity contribution in [2.24, 2.45) is 17.4 Å². The van der Waals surface area contributed by atoms with Gasteiger partial charge in [0.2, 0.25) is 53.2 Å².